The number of hydrogen-bond donors (Lipinski definition) is 0. The highest BCUT2D eigenvalue weighted by Crippen LogP contribution is 2.21. The number of nitrogens with zero attached hydrogens (tertiary/aromatic N) is 2. The first-order chi connectivity index (χ1) is 9.72. The van der Waals surface area contributed by atoms with Crippen molar-refractivity contribution in [2.75, 3.05) is 0 Å². The fraction of sp³-hybridized carbons (Fsp3) is 0.125. The van der Waals surface area contributed by atoms with E-state index in [2.05, 4.69) is 11.2 Å². The third-order valence-corrected chi connectivity index (χ3v) is 3.95. The fourth-order valence-corrected chi connectivity index (χ4v) is 2.79. The van der Waals surface area contributed by atoms with E-state index in [-0.39, 0.29) is 5.56 Å². The summed E-state index contributed by atoms with van der Waals surface area (Å²) in [4.78, 5) is 13.0. The number of hydrogen-bond acceptors (Lipinski definition) is 3. The van der Waals surface area contributed by atoms with Crippen LogP contribution in [0.2, 0.25) is 0 Å². The van der Waals surface area contributed by atoms with E-state index in [4.69, 9.17) is 0 Å². The third-order valence-electron chi connectivity index (χ3n) is 3.06. The molecule has 0 unspecified atom stereocenters. The number of rotatable bonds is 3. The summed E-state index contributed by atoms with van der Waals surface area (Å²) in [6.07, 6.45) is 0. The quantitative estimate of drug-likeness (QED) is 0.738. The molecule has 0 fully saturated rings. The number of thiophene rings is 1. The molecule has 0 aliphatic carbocycles. The Bertz CT molecular complexity index is 775. The molecule has 0 aliphatic rings. The number of aromatic nitrogens is 2. The molecular weight excluding hydrogens is 268 g/mol. The smallest absolute Gasteiger partial charge is 0.267 e. The van der Waals surface area contributed by atoms with Crippen LogP contribution in [0.3, 0.4) is 0 Å². The van der Waals surface area contributed by atoms with Crippen molar-refractivity contribution in [3.63, 3.8) is 0 Å². The third kappa shape index (κ3) is 2.70. The molecule has 0 bridgehead atoms. The van der Waals surface area contributed by atoms with Crippen molar-refractivity contribution in [2.24, 2.45) is 0 Å². The molecule has 3 rings (SSSR count). The number of benzene rings is 1. The Balaban J connectivity index is 1.97. The van der Waals surface area contributed by atoms with Gasteiger partial charge in [-0.05, 0) is 30.0 Å². The number of aryl methyl sites for hydroxylation is 1. The molecule has 0 radical (unpaired) electrons. The van der Waals surface area contributed by atoms with Gasteiger partial charge in [0.25, 0.3) is 5.56 Å². The monoisotopic (exact) mass is 282 g/mol. The van der Waals surface area contributed by atoms with Crippen molar-refractivity contribution in [3.05, 3.63) is 75.4 Å². The predicted octanol–water partition coefficient (Wildman–Crippen LogP) is 3.33. The predicted molar refractivity (Wildman–Crippen MR) is 82.1 cm³/mol. The van der Waals surface area contributed by atoms with Gasteiger partial charge in [-0.25, -0.2) is 4.68 Å². The van der Waals surface area contributed by atoms with Crippen molar-refractivity contribution >= 4 is 11.3 Å². The molecule has 0 saturated heterocycles. The lowest BCUT2D eigenvalue weighted by atomic mass is 10.1. The molecule has 0 N–H and O–H groups in total. The van der Waals surface area contributed by atoms with Gasteiger partial charge in [0.2, 0.25) is 0 Å². The van der Waals surface area contributed by atoms with Crippen LogP contribution in [0.25, 0.3) is 10.6 Å². The van der Waals surface area contributed by atoms with E-state index >= 15 is 0 Å². The highest BCUT2D eigenvalue weighted by atomic mass is 32.1. The summed E-state index contributed by atoms with van der Waals surface area (Å²) in [5.41, 5.74) is 3.03. The molecule has 1 aromatic carbocycles. The van der Waals surface area contributed by atoms with Gasteiger partial charge < -0.3 is 0 Å². The second-order valence-electron chi connectivity index (χ2n) is 4.68. The lowest BCUT2D eigenvalue weighted by Gasteiger charge is -2.07. The van der Waals surface area contributed by atoms with Gasteiger partial charge in [-0.15, -0.1) is 11.3 Å². The second-order valence-corrected chi connectivity index (χ2v) is 5.63. The molecule has 2 heterocycles. The van der Waals surface area contributed by atoms with Gasteiger partial charge in [0.15, 0.2) is 0 Å². The minimum Gasteiger partial charge on any atom is -0.268 e. The normalized spacial score (nSPS) is 10.7. The second kappa shape index (κ2) is 5.43. The van der Waals surface area contributed by atoms with Gasteiger partial charge >= 0.3 is 0 Å². The molecule has 4 heteroatoms. The van der Waals surface area contributed by atoms with Crippen LogP contribution < -0.4 is 5.56 Å². The van der Waals surface area contributed by atoms with Crippen LogP contribution in [-0.4, -0.2) is 9.78 Å². The zero-order valence-corrected chi connectivity index (χ0v) is 11.9. The molecule has 0 amide bonds. The van der Waals surface area contributed by atoms with Crippen LogP contribution in [0.15, 0.2) is 58.7 Å². The van der Waals surface area contributed by atoms with Gasteiger partial charge in [-0.1, -0.05) is 35.9 Å². The minimum atomic E-state index is -0.0770. The molecule has 20 heavy (non-hydrogen) atoms. The topological polar surface area (TPSA) is 34.9 Å². The summed E-state index contributed by atoms with van der Waals surface area (Å²) < 4.78 is 1.52. The maximum absolute atomic E-state index is 11.9. The van der Waals surface area contributed by atoms with Crippen LogP contribution in [-0.2, 0) is 6.54 Å². The molecule has 0 aliphatic heterocycles. The molecule has 3 aromatic rings. The van der Waals surface area contributed by atoms with Crippen molar-refractivity contribution in [1.82, 2.24) is 9.78 Å². The van der Waals surface area contributed by atoms with E-state index in [9.17, 15) is 4.79 Å². The maximum Gasteiger partial charge on any atom is 0.267 e. The molecule has 0 spiro atoms. The SMILES string of the molecule is Cc1cccc(Cn2nc(-c3cccs3)ccc2=O)c1. The highest BCUT2D eigenvalue weighted by molar-refractivity contribution is 7.13. The van der Waals surface area contributed by atoms with Crippen molar-refractivity contribution in [1.29, 1.82) is 0 Å². The van der Waals surface area contributed by atoms with Crippen LogP contribution in [0.5, 0.6) is 0 Å². The van der Waals surface area contributed by atoms with Gasteiger partial charge in [0.05, 0.1) is 11.4 Å². The zero-order valence-electron chi connectivity index (χ0n) is 11.1. The molecule has 100 valence electrons. The molecule has 3 nitrogen and oxygen atoms in total. The summed E-state index contributed by atoms with van der Waals surface area (Å²) in [5, 5.41) is 6.46. The van der Waals surface area contributed by atoms with Gasteiger partial charge in [0.1, 0.15) is 5.69 Å². The summed E-state index contributed by atoms with van der Waals surface area (Å²) in [6, 6.07) is 15.5. The summed E-state index contributed by atoms with van der Waals surface area (Å²) in [6.45, 7) is 2.54. The van der Waals surface area contributed by atoms with Gasteiger partial charge in [-0.3, -0.25) is 4.79 Å². The van der Waals surface area contributed by atoms with Crippen LogP contribution >= 0.6 is 11.3 Å². The Hall–Kier alpha value is -2.20. The Morgan fingerprint density at radius 3 is 2.80 bits per heavy atom. The van der Waals surface area contributed by atoms with E-state index in [0.29, 0.717) is 6.54 Å². The molecule has 0 atom stereocenters. The highest BCUT2D eigenvalue weighted by Gasteiger charge is 2.05. The molecule has 0 saturated carbocycles. The van der Waals surface area contributed by atoms with E-state index in [0.717, 1.165) is 16.1 Å². The standard InChI is InChI=1S/C16H14N2OS/c1-12-4-2-5-13(10-12)11-18-16(19)8-7-14(17-18)15-6-3-9-20-15/h2-10H,11H2,1H3. The van der Waals surface area contributed by atoms with E-state index in [1.807, 2.05) is 42.6 Å². The van der Waals surface area contributed by atoms with Crippen LogP contribution in [0, 0.1) is 6.92 Å². The summed E-state index contributed by atoms with van der Waals surface area (Å²) >= 11 is 1.62. The van der Waals surface area contributed by atoms with Crippen molar-refractivity contribution in [2.45, 2.75) is 13.5 Å². The van der Waals surface area contributed by atoms with Crippen molar-refractivity contribution in [3.8, 4) is 10.6 Å². The Kier molecular flexibility index (Phi) is 3.48. The lowest BCUT2D eigenvalue weighted by Crippen LogP contribution is -2.22. The average molecular weight is 282 g/mol. The van der Waals surface area contributed by atoms with Crippen molar-refractivity contribution < 1.29 is 0 Å². The summed E-state index contributed by atoms with van der Waals surface area (Å²) in [7, 11) is 0. The van der Waals surface area contributed by atoms with Crippen LogP contribution in [0.1, 0.15) is 11.1 Å². The Morgan fingerprint density at radius 2 is 2.05 bits per heavy atom. The average Bonchev–Trinajstić information content (AvgIpc) is 2.95. The summed E-state index contributed by atoms with van der Waals surface area (Å²) in [5.74, 6) is 0. The van der Waals surface area contributed by atoms with Gasteiger partial charge in [0, 0.05) is 6.07 Å². The first-order valence-corrected chi connectivity index (χ1v) is 7.28. The van der Waals surface area contributed by atoms with Crippen LogP contribution in [0.4, 0.5) is 0 Å². The maximum atomic E-state index is 11.9. The fourth-order valence-electron chi connectivity index (χ4n) is 2.10. The van der Waals surface area contributed by atoms with E-state index in [1.165, 1.54) is 10.2 Å². The largest absolute Gasteiger partial charge is 0.268 e. The molecular formula is C16H14N2OS. The minimum absolute atomic E-state index is 0.0770. The Morgan fingerprint density at radius 1 is 1.15 bits per heavy atom. The first-order valence-electron chi connectivity index (χ1n) is 6.40. The lowest BCUT2D eigenvalue weighted by molar-refractivity contribution is 0.643. The Labute approximate surface area is 121 Å². The molecule has 2 aromatic heterocycles. The zero-order chi connectivity index (χ0) is 13.9. The van der Waals surface area contributed by atoms with E-state index < -0.39 is 0 Å². The van der Waals surface area contributed by atoms with Gasteiger partial charge in [-0.2, -0.15) is 5.10 Å². The first kappa shape index (κ1) is 12.8. The van der Waals surface area contributed by atoms with E-state index in [1.54, 1.807) is 23.5 Å².